The molecular formula is C13H12N4. The van der Waals surface area contributed by atoms with E-state index >= 15 is 0 Å². The zero-order chi connectivity index (χ0) is 11.7. The summed E-state index contributed by atoms with van der Waals surface area (Å²) in [6.07, 6.45) is 3.59. The number of anilines is 2. The van der Waals surface area contributed by atoms with Crippen molar-refractivity contribution < 1.29 is 0 Å². The van der Waals surface area contributed by atoms with Crippen molar-refractivity contribution in [1.82, 2.24) is 15.2 Å². The van der Waals surface area contributed by atoms with E-state index in [0.717, 1.165) is 22.4 Å². The van der Waals surface area contributed by atoms with Crippen molar-refractivity contribution in [3.63, 3.8) is 0 Å². The number of pyridine rings is 1. The molecule has 0 amide bonds. The number of nitrogens with zero attached hydrogens (tertiary/aromatic N) is 3. The third-order valence-electron chi connectivity index (χ3n) is 2.84. The summed E-state index contributed by atoms with van der Waals surface area (Å²) in [5.41, 5.74) is 3.04. The zero-order valence-corrected chi connectivity index (χ0v) is 9.46. The van der Waals surface area contributed by atoms with Gasteiger partial charge < -0.3 is 4.90 Å². The quantitative estimate of drug-likeness (QED) is 0.728. The van der Waals surface area contributed by atoms with Crippen molar-refractivity contribution in [2.75, 3.05) is 11.9 Å². The second-order valence-corrected chi connectivity index (χ2v) is 3.86. The number of H-pyrrole nitrogens is 1. The third-order valence-corrected chi connectivity index (χ3v) is 2.84. The van der Waals surface area contributed by atoms with Crippen molar-refractivity contribution in [2.45, 2.75) is 0 Å². The van der Waals surface area contributed by atoms with Crippen LogP contribution in [-0.4, -0.2) is 22.2 Å². The molecule has 0 spiro atoms. The Labute approximate surface area is 98.9 Å². The van der Waals surface area contributed by atoms with E-state index in [1.807, 2.05) is 31.3 Å². The maximum atomic E-state index is 4.23. The zero-order valence-electron chi connectivity index (χ0n) is 9.46. The number of nitrogens with one attached hydrogen (secondary N) is 1. The number of aromatic amines is 1. The van der Waals surface area contributed by atoms with Crippen molar-refractivity contribution in [3.8, 4) is 0 Å². The molecule has 84 valence electrons. The van der Waals surface area contributed by atoms with Crippen LogP contribution in [0.5, 0.6) is 0 Å². The Bertz CT molecular complexity index is 630. The van der Waals surface area contributed by atoms with E-state index in [2.05, 4.69) is 32.2 Å². The number of hydrogen-bond donors (Lipinski definition) is 1. The van der Waals surface area contributed by atoms with Crippen molar-refractivity contribution in [1.29, 1.82) is 0 Å². The molecule has 0 fully saturated rings. The molecule has 3 rings (SSSR count). The normalized spacial score (nSPS) is 10.6. The standard InChI is InChI=1S/C13H12N4/c1-17(10-5-3-2-4-6-10)12-7-8-14-13-11(12)9-15-16-13/h2-9H,1H3,(H,14,15,16). The molecule has 1 aromatic carbocycles. The van der Waals surface area contributed by atoms with Gasteiger partial charge in [0.1, 0.15) is 0 Å². The largest absolute Gasteiger partial charge is 0.344 e. The van der Waals surface area contributed by atoms with Crippen LogP contribution >= 0.6 is 0 Å². The average molecular weight is 224 g/mol. The molecule has 0 aliphatic rings. The van der Waals surface area contributed by atoms with Crippen molar-refractivity contribution >= 4 is 22.4 Å². The Morgan fingerprint density at radius 1 is 1.12 bits per heavy atom. The van der Waals surface area contributed by atoms with Crippen LogP contribution in [0.15, 0.2) is 48.8 Å². The fourth-order valence-corrected chi connectivity index (χ4v) is 1.92. The van der Waals surface area contributed by atoms with Gasteiger partial charge in [0, 0.05) is 18.9 Å². The predicted molar refractivity (Wildman–Crippen MR) is 68.4 cm³/mol. The number of fused-ring (bicyclic) bond motifs is 1. The Kier molecular flexibility index (Phi) is 2.26. The molecule has 0 aliphatic carbocycles. The number of aromatic nitrogens is 3. The van der Waals surface area contributed by atoms with E-state index in [0.29, 0.717) is 0 Å². The van der Waals surface area contributed by atoms with Crippen LogP contribution < -0.4 is 4.90 Å². The monoisotopic (exact) mass is 224 g/mol. The number of benzene rings is 1. The highest BCUT2D eigenvalue weighted by molar-refractivity contribution is 5.90. The van der Waals surface area contributed by atoms with Gasteiger partial charge in [0.25, 0.3) is 0 Å². The summed E-state index contributed by atoms with van der Waals surface area (Å²) in [6.45, 7) is 0. The molecule has 17 heavy (non-hydrogen) atoms. The Balaban J connectivity index is 2.13. The molecule has 3 aromatic rings. The second kappa shape index (κ2) is 3.90. The molecule has 0 saturated heterocycles. The summed E-state index contributed by atoms with van der Waals surface area (Å²) < 4.78 is 0. The SMILES string of the molecule is CN(c1ccccc1)c1ccnc2[nH]ncc12. The van der Waals surface area contributed by atoms with Crippen LogP contribution in [0.2, 0.25) is 0 Å². The van der Waals surface area contributed by atoms with Gasteiger partial charge in [0.2, 0.25) is 0 Å². The van der Waals surface area contributed by atoms with E-state index in [4.69, 9.17) is 0 Å². The molecular weight excluding hydrogens is 212 g/mol. The lowest BCUT2D eigenvalue weighted by Gasteiger charge is -2.19. The molecule has 2 heterocycles. The minimum Gasteiger partial charge on any atom is -0.344 e. The summed E-state index contributed by atoms with van der Waals surface area (Å²) in [7, 11) is 2.04. The van der Waals surface area contributed by atoms with Gasteiger partial charge in [-0.05, 0) is 18.2 Å². The maximum absolute atomic E-state index is 4.23. The van der Waals surface area contributed by atoms with Gasteiger partial charge >= 0.3 is 0 Å². The highest BCUT2D eigenvalue weighted by Gasteiger charge is 2.09. The average Bonchev–Trinajstić information content (AvgIpc) is 2.87. The Hall–Kier alpha value is -2.36. The van der Waals surface area contributed by atoms with Gasteiger partial charge in [-0.15, -0.1) is 0 Å². The van der Waals surface area contributed by atoms with Gasteiger partial charge in [0.05, 0.1) is 17.3 Å². The summed E-state index contributed by atoms with van der Waals surface area (Å²) in [4.78, 5) is 6.36. The van der Waals surface area contributed by atoms with Crippen LogP contribution in [0.25, 0.3) is 11.0 Å². The van der Waals surface area contributed by atoms with E-state index in [9.17, 15) is 0 Å². The lowest BCUT2D eigenvalue weighted by atomic mass is 10.2. The maximum Gasteiger partial charge on any atom is 0.157 e. The minimum atomic E-state index is 0.810. The highest BCUT2D eigenvalue weighted by atomic mass is 15.2. The molecule has 0 bridgehead atoms. The molecule has 0 aliphatic heterocycles. The molecule has 1 N–H and O–H groups in total. The first-order chi connectivity index (χ1) is 8.36. The summed E-state index contributed by atoms with van der Waals surface area (Å²) in [6, 6.07) is 12.2. The Morgan fingerprint density at radius 2 is 1.94 bits per heavy atom. The fraction of sp³-hybridized carbons (Fsp3) is 0.0769. The molecule has 0 radical (unpaired) electrons. The van der Waals surface area contributed by atoms with Crippen LogP contribution in [0.3, 0.4) is 0 Å². The van der Waals surface area contributed by atoms with E-state index in [1.165, 1.54) is 0 Å². The van der Waals surface area contributed by atoms with Gasteiger partial charge in [-0.3, -0.25) is 5.10 Å². The van der Waals surface area contributed by atoms with Gasteiger partial charge in [0.15, 0.2) is 5.65 Å². The van der Waals surface area contributed by atoms with Crippen LogP contribution in [0.1, 0.15) is 0 Å². The third kappa shape index (κ3) is 1.63. The molecule has 4 heteroatoms. The van der Waals surface area contributed by atoms with Crippen LogP contribution in [-0.2, 0) is 0 Å². The summed E-state index contributed by atoms with van der Waals surface area (Å²) in [5, 5.41) is 7.93. The molecule has 4 nitrogen and oxygen atoms in total. The second-order valence-electron chi connectivity index (χ2n) is 3.86. The van der Waals surface area contributed by atoms with E-state index < -0.39 is 0 Å². The number of para-hydroxylation sites is 1. The van der Waals surface area contributed by atoms with Crippen molar-refractivity contribution in [2.24, 2.45) is 0 Å². The lowest BCUT2D eigenvalue weighted by Crippen LogP contribution is -2.09. The van der Waals surface area contributed by atoms with Crippen LogP contribution in [0.4, 0.5) is 11.4 Å². The molecule has 0 atom stereocenters. The van der Waals surface area contributed by atoms with Gasteiger partial charge in [-0.25, -0.2) is 4.98 Å². The highest BCUT2D eigenvalue weighted by Crippen LogP contribution is 2.28. The molecule has 0 unspecified atom stereocenters. The van der Waals surface area contributed by atoms with Gasteiger partial charge in [-0.2, -0.15) is 5.10 Å². The predicted octanol–water partition coefficient (Wildman–Crippen LogP) is 2.73. The number of hydrogen-bond acceptors (Lipinski definition) is 3. The van der Waals surface area contributed by atoms with E-state index in [-0.39, 0.29) is 0 Å². The van der Waals surface area contributed by atoms with Crippen molar-refractivity contribution in [3.05, 3.63) is 48.8 Å². The van der Waals surface area contributed by atoms with E-state index in [1.54, 1.807) is 12.4 Å². The topological polar surface area (TPSA) is 44.8 Å². The van der Waals surface area contributed by atoms with Gasteiger partial charge in [-0.1, -0.05) is 18.2 Å². The summed E-state index contributed by atoms with van der Waals surface area (Å²) in [5.74, 6) is 0. The smallest absolute Gasteiger partial charge is 0.157 e. The van der Waals surface area contributed by atoms with Crippen LogP contribution in [0, 0.1) is 0 Å². The first-order valence-corrected chi connectivity index (χ1v) is 5.43. The lowest BCUT2D eigenvalue weighted by molar-refractivity contribution is 1.10. The fourth-order valence-electron chi connectivity index (χ4n) is 1.92. The molecule has 2 aromatic heterocycles. The minimum absolute atomic E-state index is 0.810. The number of rotatable bonds is 2. The molecule has 0 saturated carbocycles. The Morgan fingerprint density at radius 3 is 2.76 bits per heavy atom. The first kappa shape index (κ1) is 9.84. The first-order valence-electron chi connectivity index (χ1n) is 5.43. The summed E-state index contributed by atoms with van der Waals surface area (Å²) >= 11 is 0.